The second-order valence-corrected chi connectivity index (χ2v) is 7.41. The molecule has 0 aliphatic heterocycles. The lowest BCUT2D eigenvalue weighted by atomic mass is 9.97. The number of thiophene rings is 1. The number of aliphatic hydroxyl groups is 1. The molecule has 0 spiro atoms. The summed E-state index contributed by atoms with van der Waals surface area (Å²) in [6.45, 7) is 0. The van der Waals surface area contributed by atoms with Crippen LogP contribution < -0.4 is 0 Å². The first-order chi connectivity index (χ1) is 13.0. The number of hydrogen-bond donors (Lipinski definition) is 1. The average molecular weight is 405 g/mol. The average Bonchev–Trinajstić information content (AvgIpc) is 3.28. The molecular weight excluding hydrogens is 394 g/mol. The molecule has 4 rings (SSSR count). The van der Waals surface area contributed by atoms with Crippen LogP contribution in [-0.2, 0) is 0 Å². The van der Waals surface area contributed by atoms with Gasteiger partial charge in [0.2, 0.25) is 0 Å². The molecule has 0 aliphatic rings. The fraction of sp³-hybridized carbons (Fsp3) is 0.0526. The Hall–Kier alpha value is -2.61. The van der Waals surface area contributed by atoms with Crippen LogP contribution in [-0.4, -0.2) is 15.2 Å². The predicted molar refractivity (Wildman–Crippen MR) is 98.5 cm³/mol. The SMILES string of the molecule is OC(c1cccnc1)c1c(-c2ccc(Cl)s2)noc1-c1ccc(F)cc1F. The van der Waals surface area contributed by atoms with E-state index in [1.165, 1.54) is 23.6 Å². The number of hydrogen-bond acceptors (Lipinski definition) is 5. The van der Waals surface area contributed by atoms with E-state index in [0.717, 1.165) is 12.1 Å². The number of benzene rings is 1. The Morgan fingerprint density at radius 1 is 1.15 bits per heavy atom. The van der Waals surface area contributed by atoms with Gasteiger partial charge in [-0.25, -0.2) is 8.78 Å². The highest BCUT2D eigenvalue weighted by atomic mass is 35.5. The Bertz CT molecular complexity index is 1100. The van der Waals surface area contributed by atoms with Crippen molar-refractivity contribution in [3.63, 3.8) is 0 Å². The Morgan fingerprint density at radius 2 is 2.00 bits per heavy atom. The van der Waals surface area contributed by atoms with Gasteiger partial charge in [-0.2, -0.15) is 0 Å². The third-order valence-electron chi connectivity index (χ3n) is 3.98. The second-order valence-electron chi connectivity index (χ2n) is 5.69. The van der Waals surface area contributed by atoms with Gasteiger partial charge in [-0.05, 0) is 30.3 Å². The van der Waals surface area contributed by atoms with Crippen molar-refractivity contribution in [2.75, 3.05) is 0 Å². The number of rotatable bonds is 4. The lowest BCUT2D eigenvalue weighted by molar-refractivity contribution is 0.220. The maximum absolute atomic E-state index is 14.4. The second kappa shape index (κ2) is 7.19. The van der Waals surface area contributed by atoms with Crippen molar-refractivity contribution in [1.82, 2.24) is 10.1 Å². The first kappa shape index (κ1) is 17.8. The summed E-state index contributed by atoms with van der Waals surface area (Å²) in [6.07, 6.45) is 1.89. The minimum absolute atomic E-state index is 0.00394. The van der Waals surface area contributed by atoms with Crippen molar-refractivity contribution in [2.24, 2.45) is 0 Å². The van der Waals surface area contributed by atoms with Crippen LogP contribution >= 0.6 is 22.9 Å². The molecule has 27 heavy (non-hydrogen) atoms. The van der Waals surface area contributed by atoms with Gasteiger partial charge in [0, 0.05) is 24.0 Å². The van der Waals surface area contributed by atoms with Gasteiger partial charge in [0.1, 0.15) is 23.4 Å². The molecule has 0 saturated heterocycles. The number of nitrogens with zero attached hydrogens (tertiary/aromatic N) is 2. The maximum atomic E-state index is 14.4. The smallest absolute Gasteiger partial charge is 0.176 e. The molecule has 0 radical (unpaired) electrons. The van der Waals surface area contributed by atoms with Gasteiger partial charge in [0.15, 0.2) is 5.76 Å². The summed E-state index contributed by atoms with van der Waals surface area (Å²) < 4.78 is 33.6. The first-order valence-corrected chi connectivity index (χ1v) is 9.02. The highest BCUT2D eigenvalue weighted by Gasteiger charge is 2.28. The third kappa shape index (κ3) is 3.37. The Balaban J connectivity index is 1.93. The monoisotopic (exact) mass is 404 g/mol. The summed E-state index contributed by atoms with van der Waals surface area (Å²) in [5, 5.41) is 15.0. The molecule has 4 aromatic rings. The molecule has 8 heteroatoms. The zero-order valence-corrected chi connectivity index (χ0v) is 15.1. The van der Waals surface area contributed by atoms with Crippen LogP contribution in [0.5, 0.6) is 0 Å². The molecule has 1 N–H and O–H groups in total. The van der Waals surface area contributed by atoms with Crippen LogP contribution in [0.15, 0.2) is 59.4 Å². The van der Waals surface area contributed by atoms with Gasteiger partial charge in [-0.1, -0.05) is 22.8 Å². The molecule has 1 atom stereocenters. The summed E-state index contributed by atoms with van der Waals surface area (Å²) in [4.78, 5) is 4.65. The molecule has 0 aliphatic carbocycles. The summed E-state index contributed by atoms with van der Waals surface area (Å²) in [5.41, 5.74) is 1.07. The van der Waals surface area contributed by atoms with E-state index in [4.69, 9.17) is 16.1 Å². The quantitative estimate of drug-likeness (QED) is 0.489. The fourth-order valence-corrected chi connectivity index (χ4v) is 3.78. The van der Waals surface area contributed by atoms with Crippen LogP contribution in [0.3, 0.4) is 0 Å². The highest BCUT2D eigenvalue weighted by molar-refractivity contribution is 7.19. The molecule has 0 bridgehead atoms. The molecule has 1 aromatic carbocycles. The molecule has 1 unspecified atom stereocenters. The van der Waals surface area contributed by atoms with E-state index in [0.29, 0.717) is 20.5 Å². The van der Waals surface area contributed by atoms with Crippen LogP contribution in [0.2, 0.25) is 4.34 Å². The van der Waals surface area contributed by atoms with E-state index in [1.807, 2.05) is 0 Å². The highest BCUT2D eigenvalue weighted by Crippen LogP contribution is 2.42. The number of halogens is 3. The third-order valence-corrected chi connectivity index (χ3v) is 5.22. The summed E-state index contributed by atoms with van der Waals surface area (Å²) in [7, 11) is 0. The minimum Gasteiger partial charge on any atom is -0.383 e. The predicted octanol–water partition coefficient (Wildman–Crippen LogP) is 5.48. The summed E-state index contributed by atoms with van der Waals surface area (Å²) >= 11 is 7.26. The zero-order chi connectivity index (χ0) is 19.0. The van der Waals surface area contributed by atoms with E-state index in [9.17, 15) is 13.9 Å². The maximum Gasteiger partial charge on any atom is 0.176 e. The van der Waals surface area contributed by atoms with Gasteiger partial charge < -0.3 is 9.63 Å². The molecule has 4 nitrogen and oxygen atoms in total. The minimum atomic E-state index is -1.18. The Kier molecular flexibility index (Phi) is 4.73. The largest absolute Gasteiger partial charge is 0.383 e. The molecule has 0 amide bonds. The van der Waals surface area contributed by atoms with Crippen LogP contribution in [0.25, 0.3) is 21.9 Å². The number of pyridine rings is 1. The molecular formula is C19H11ClF2N2O2S. The fourth-order valence-electron chi connectivity index (χ4n) is 2.74. The van der Waals surface area contributed by atoms with Crippen molar-refractivity contribution in [1.29, 1.82) is 0 Å². The van der Waals surface area contributed by atoms with Crippen molar-refractivity contribution < 1.29 is 18.4 Å². The molecule has 3 aromatic heterocycles. The lowest BCUT2D eigenvalue weighted by Gasteiger charge is -2.12. The van der Waals surface area contributed by atoms with Gasteiger partial charge in [-0.3, -0.25) is 4.98 Å². The standard InChI is InChI=1S/C19H11ClF2N2O2S/c20-15-6-5-14(27-15)17-16(18(25)10-2-1-7-23-9-10)19(26-24-17)12-4-3-11(21)8-13(12)22/h1-9,18,25H. The van der Waals surface area contributed by atoms with Gasteiger partial charge in [0.25, 0.3) is 0 Å². The van der Waals surface area contributed by atoms with E-state index >= 15 is 0 Å². The van der Waals surface area contributed by atoms with Crippen LogP contribution in [0.4, 0.5) is 8.78 Å². The summed E-state index contributed by atoms with van der Waals surface area (Å²) in [6, 6.07) is 9.88. The normalized spacial score (nSPS) is 12.3. The Labute approximate surface area is 161 Å². The van der Waals surface area contributed by atoms with E-state index < -0.39 is 17.7 Å². The van der Waals surface area contributed by atoms with E-state index in [1.54, 1.807) is 30.5 Å². The molecule has 136 valence electrons. The Morgan fingerprint density at radius 3 is 2.67 bits per heavy atom. The van der Waals surface area contributed by atoms with Crippen molar-refractivity contribution in [3.8, 4) is 21.9 Å². The van der Waals surface area contributed by atoms with Crippen molar-refractivity contribution in [3.05, 3.63) is 82.0 Å². The zero-order valence-electron chi connectivity index (χ0n) is 13.6. The molecule has 3 heterocycles. The van der Waals surface area contributed by atoms with Crippen molar-refractivity contribution in [2.45, 2.75) is 6.10 Å². The van der Waals surface area contributed by atoms with E-state index in [2.05, 4.69) is 10.1 Å². The molecule has 0 fully saturated rings. The van der Waals surface area contributed by atoms with E-state index in [-0.39, 0.29) is 16.9 Å². The first-order valence-electron chi connectivity index (χ1n) is 7.83. The topological polar surface area (TPSA) is 59.2 Å². The van der Waals surface area contributed by atoms with Crippen LogP contribution in [0, 0.1) is 11.6 Å². The van der Waals surface area contributed by atoms with Gasteiger partial charge >= 0.3 is 0 Å². The lowest BCUT2D eigenvalue weighted by Crippen LogP contribution is -2.03. The number of aliphatic hydroxyl groups excluding tert-OH is 1. The number of aromatic nitrogens is 2. The van der Waals surface area contributed by atoms with Crippen LogP contribution in [0.1, 0.15) is 17.2 Å². The van der Waals surface area contributed by atoms with Gasteiger partial charge in [-0.15, -0.1) is 11.3 Å². The molecule has 0 saturated carbocycles. The van der Waals surface area contributed by atoms with Gasteiger partial charge in [0.05, 0.1) is 20.3 Å². The summed E-state index contributed by atoms with van der Waals surface area (Å²) in [5.74, 6) is -1.51. The van der Waals surface area contributed by atoms with Crippen molar-refractivity contribution >= 4 is 22.9 Å².